The second kappa shape index (κ2) is 6.45. The molecule has 0 fully saturated rings. The van der Waals surface area contributed by atoms with Crippen molar-refractivity contribution in [2.45, 2.75) is 12.6 Å². The zero-order chi connectivity index (χ0) is 17.2. The molecule has 5 heteroatoms. The molecule has 0 saturated carbocycles. The van der Waals surface area contributed by atoms with Gasteiger partial charge < -0.3 is 20.0 Å². The lowest BCUT2D eigenvalue weighted by atomic mass is 10.1. The third kappa shape index (κ3) is 3.02. The van der Waals surface area contributed by atoms with Gasteiger partial charge in [-0.15, -0.1) is 0 Å². The summed E-state index contributed by atoms with van der Waals surface area (Å²) in [6.07, 6.45) is 4.76. The molecule has 1 atom stereocenters. The number of aromatic amines is 1. The number of imidazole rings is 1. The van der Waals surface area contributed by atoms with Crippen molar-refractivity contribution in [2.24, 2.45) is 7.05 Å². The average molecular weight is 332 g/mol. The molecule has 2 heterocycles. The number of anilines is 1. The summed E-state index contributed by atoms with van der Waals surface area (Å²) in [5.74, 6) is 0.639. The summed E-state index contributed by atoms with van der Waals surface area (Å²) in [6.45, 7) is 0.746. The Kier molecular flexibility index (Phi) is 3.99. The Bertz CT molecular complexity index is 984. The lowest BCUT2D eigenvalue weighted by Crippen LogP contribution is -2.07. The van der Waals surface area contributed by atoms with Gasteiger partial charge in [-0.3, -0.25) is 0 Å². The molecule has 0 radical (unpaired) electrons. The highest BCUT2D eigenvalue weighted by Gasteiger charge is 2.14. The van der Waals surface area contributed by atoms with Crippen LogP contribution in [-0.2, 0) is 13.6 Å². The Labute approximate surface area is 146 Å². The first-order valence-corrected chi connectivity index (χ1v) is 8.26. The van der Waals surface area contributed by atoms with Crippen molar-refractivity contribution in [3.63, 3.8) is 0 Å². The van der Waals surface area contributed by atoms with Crippen LogP contribution in [0.5, 0.6) is 0 Å². The number of aryl methyl sites for hydroxylation is 1. The van der Waals surface area contributed by atoms with Crippen LogP contribution in [0.25, 0.3) is 10.9 Å². The molecule has 3 N–H and O–H groups in total. The van der Waals surface area contributed by atoms with Gasteiger partial charge in [0, 0.05) is 48.8 Å². The number of hydrogen-bond acceptors (Lipinski definition) is 3. The van der Waals surface area contributed by atoms with Gasteiger partial charge in [0.2, 0.25) is 0 Å². The van der Waals surface area contributed by atoms with Crippen molar-refractivity contribution in [1.82, 2.24) is 14.5 Å². The molecule has 0 bridgehead atoms. The Morgan fingerprint density at radius 2 is 2.00 bits per heavy atom. The molecular weight excluding hydrogens is 312 g/mol. The molecule has 4 rings (SSSR count). The van der Waals surface area contributed by atoms with E-state index >= 15 is 0 Å². The molecule has 5 nitrogen and oxygen atoms in total. The van der Waals surface area contributed by atoms with E-state index < -0.39 is 6.10 Å². The van der Waals surface area contributed by atoms with Gasteiger partial charge in [0.15, 0.2) is 0 Å². The first kappa shape index (κ1) is 15.5. The normalized spacial score (nSPS) is 12.4. The molecule has 126 valence electrons. The quantitative estimate of drug-likeness (QED) is 0.523. The van der Waals surface area contributed by atoms with Gasteiger partial charge in [-0.1, -0.05) is 24.3 Å². The number of aliphatic hydroxyl groups is 1. The van der Waals surface area contributed by atoms with Crippen LogP contribution in [0, 0.1) is 0 Å². The number of nitrogens with zero attached hydrogens (tertiary/aromatic N) is 2. The topological polar surface area (TPSA) is 65.9 Å². The first-order valence-electron chi connectivity index (χ1n) is 8.26. The van der Waals surface area contributed by atoms with Crippen LogP contribution in [0.1, 0.15) is 23.1 Å². The van der Waals surface area contributed by atoms with Gasteiger partial charge in [-0.25, -0.2) is 4.98 Å². The maximum Gasteiger partial charge on any atom is 0.142 e. The maximum atomic E-state index is 10.4. The summed E-state index contributed by atoms with van der Waals surface area (Å²) in [5, 5.41) is 15.1. The smallest absolute Gasteiger partial charge is 0.142 e. The van der Waals surface area contributed by atoms with Gasteiger partial charge in [-0.2, -0.15) is 0 Å². The van der Waals surface area contributed by atoms with Crippen molar-refractivity contribution in [2.75, 3.05) is 5.32 Å². The van der Waals surface area contributed by atoms with Crippen LogP contribution < -0.4 is 5.32 Å². The van der Waals surface area contributed by atoms with Gasteiger partial charge in [-0.05, 0) is 35.4 Å². The van der Waals surface area contributed by atoms with Crippen molar-refractivity contribution >= 4 is 16.6 Å². The zero-order valence-electron chi connectivity index (χ0n) is 14.0. The molecule has 1 unspecified atom stereocenters. The molecule has 0 aliphatic heterocycles. The van der Waals surface area contributed by atoms with Crippen LogP contribution in [0.4, 0.5) is 5.69 Å². The van der Waals surface area contributed by atoms with Gasteiger partial charge in [0.05, 0.1) is 0 Å². The fourth-order valence-electron chi connectivity index (χ4n) is 3.07. The van der Waals surface area contributed by atoms with E-state index in [0.29, 0.717) is 5.82 Å². The largest absolute Gasteiger partial charge is 0.381 e. The fraction of sp³-hybridized carbons (Fsp3) is 0.150. The Morgan fingerprint density at radius 1 is 1.16 bits per heavy atom. The minimum atomic E-state index is -0.720. The third-order valence-corrected chi connectivity index (χ3v) is 4.50. The van der Waals surface area contributed by atoms with Crippen molar-refractivity contribution < 1.29 is 5.11 Å². The number of nitrogens with one attached hydrogen (secondary N) is 2. The fourth-order valence-corrected chi connectivity index (χ4v) is 3.07. The van der Waals surface area contributed by atoms with E-state index in [1.165, 1.54) is 10.9 Å². The summed E-state index contributed by atoms with van der Waals surface area (Å²) >= 11 is 0. The monoisotopic (exact) mass is 332 g/mol. The highest BCUT2D eigenvalue weighted by atomic mass is 16.3. The number of hydrogen-bond donors (Lipinski definition) is 3. The minimum Gasteiger partial charge on any atom is -0.381 e. The summed E-state index contributed by atoms with van der Waals surface area (Å²) < 4.78 is 1.83. The average Bonchev–Trinajstić information content (AvgIpc) is 3.28. The number of aliphatic hydroxyl groups excluding tert-OH is 1. The van der Waals surface area contributed by atoms with Crippen LogP contribution >= 0.6 is 0 Å². The molecule has 4 aromatic rings. The SMILES string of the molecule is Cn1ccnc1C(O)c1ccc(NCc2cccc3[nH]ccc23)cc1. The van der Waals surface area contributed by atoms with Crippen molar-refractivity contribution in [1.29, 1.82) is 0 Å². The van der Waals surface area contributed by atoms with E-state index in [2.05, 4.69) is 39.6 Å². The standard InChI is InChI=1S/C20H20N4O/c1-24-12-11-22-20(24)19(25)14-5-7-16(8-6-14)23-13-15-3-2-4-18-17(15)9-10-21-18/h2-12,19,21,23,25H,13H2,1H3. The zero-order valence-corrected chi connectivity index (χ0v) is 14.0. The lowest BCUT2D eigenvalue weighted by molar-refractivity contribution is 0.206. The molecule has 0 aliphatic rings. The summed E-state index contributed by atoms with van der Waals surface area (Å²) in [6, 6.07) is 16.2. The van der Waals surface area contributed by atoms with Gasteiger partial charge in [0.1, 0.15) is 11.9 Å². The molecule has 0 spiro atoms. The molecule has 2 aromatic heterocycles. The third-order valence-electron chi connectivity index (χ3n) is 4.50. The Hall–Kier alpha value is -3.05. The van der Waals surface area contributed by atoms with E-state index in [1.807, 2.05) is 48.3 Å². The highest BCUT2D eigenvalue weighted by molar-refractivity contribution is 5.83. The minimum absolute atomic E-state index is 0.639. The molecule has 0 aliphatic carbocycles. The van der Waals surface area contributed by atoms with E-state index in [4.69, 9.17) is 0 Å². The number of benzene rings is 2. The summed E-state index contributed by atoms with van der Waals surface area (Å²) in [5.41, 5.74) is 4.24. The van der Waals surface area contributed by atoms with Crippen molar-refractivity contribution in [3.05, 3.63) is 84.1 Å². The van der Waals surface area contributed by atoms with Gasteiger partial charge in [0.25, 0.3) is 0 Å². The van der Waals surface area contributed by atoms with Gasteiger partial charge >= 0.3 is 0 Å². The van der Waals surface area contributed by atoms with Crippen molar-refractivity contribution in [3.8, 4) is 0 Å². The second-order valence-electron chi connectivity index (χ2n) is 6.13. The lowest BCUT2D eigenvalue weighted by Gasteiger charge is -2.13. The maximum absolute atomic E-state index is 10.4. The molecule has 2 aromatic carbocycles. The Morgan fingerprint density at radius 3 is 2.76 bits per heavy atom. The Balaban J connectivity index is 1.47. The van der Waals surface area contributed by atoms with Crippen LogP contribution in [0.15, 0.2) is 67.1 Å². The van der Waals surface area contributed by atoms with E-state index in [-0.39, 0.29) is 0 Å². The summed E-state index contributed by atoms with van der Waals surface area (Å²) in [7, 11) is 1.88. The predicted octanol–water partition coefficient (Wildman–Crippen LogP) is 3.60. The predicted molar refractivity (Wildman–Crippen MR) is 99.3 cm³/mol. The molecule has 0 saturated heterocycles. The summed E-state index contributed by atoms with van der Waals surface area (Å²) in [4.78, 5) is 7.44. The van der Waals surface area contributed by atoms with Crippen LogP contribution in [-0.4, -0.2) is 19.6 Å². The highest BCUT2D eigenvalue weighted by Crippen LogP contribution is 2.23. The molecule has 0 amide bonds. The number of fused-ring (bicyclic) bond motifs is 1. The van der Waals surface area contributed by atoms with E-state index in [9.17, 15) is 5.11 Å². The number of H-pyrrole nitrogens is 1. The van der Waals surface area contributed by atoms with Crippen LogP contribution in [0.2, 0.25) is 0 Å². The van der Waals surface area contributed by atoms with E-state index in [0.717, 1.165) is 23.3 Å². The number of rotatable bonds is 5. The van der Waals surface area contributed by atoms with Crippen LogP contribution in [0.3, 0.4) is 0 Å². The second-order valence-corrected chi connectivity index (χ2v) is 6.13. The number of aromatic nitrogens is 3. The molecule has 25 heavy (non-hydrogen) atoms. The van der Waals surface area contributed by atoms with E-state index in [1.54, 1.807) is 6.20 Å². The first-order chi connectivity index (χ1) is 12.2. The molecular formula is C20H20N4O.